The SMILES string of the molecule is Cl.O=CO[O-].[2H]c1c(OCCCCBr)c([2H])c2[nH]c(=O)c([2H])c([2H])c2c1[2H].[2H]c1c(OCCCCN2CCN(c3cccc4sccc34)CC2)c([2H])c2[nH]c(=O)c([2H])c([2H])c2c1[2H].[H-].[K+].[K+].c1cc(N2CCNCC2)c2ccsc2c1. The molecule has 6 heterocycles. The summed E-state index contributed by atoms with van der Waals surface area (Å²) in [6, 6.07) is 13.8. The van der Waals surface area contributed by atoms with Crippen molar-refractivity contribution in [2.24, 2.45) is 0 Å². The number of hydrogen-bond donors (Lipinski definition) is 3. The maximum absolute atomic E-state index is 11.9. The minimum atomic E-state index is -0.798. The molecule has 2 aliphatic heterocycles. The Kier molecular flexibility index (Phi) is 21.8. The number of aromatic nitrogens is 2. The average molecular weight is 1130 g/mol. The van der Waals surface area contributed by atoms with E-state index in [9.17, 15) is 9.59 Å². The number of carbonyl (C=O) groups is 1. The van der Waals surface area contributed by atoms with Gasteiger partial charge in [-0.25, -0.2) is 0 Å². The number of benzene rings is 4. The van der Waals surface area contributed by atoms with Crippen LogP contribution in [0.5, 0.6) is 11.5 Å². The summed E-state index contributed by atoms with van der Waals surface area (Å²) in [5.74, 6) is -0.156. The van der Waals surface area contributed by atoms with Gasteiger partial charge in [0.15, 0.2) is 0 Å². The fourth-order valence-electron chi connectivity index (χ4n) is 7.43. The van der Waals surface area contributed by atoms with Crippen molar-refractivity contribution in [3.05, 3.63) is 140 Å². The molecule has 0 amide bonds. The summed E-state index contributed by atoms with van der Waals surface area (Å²) >= 11 is 6.89. The van der Waals surface area contributed by atoms with E-state index < -0.39 is 35.3 Å². The number of hydrogen-bond acceptors (Lipinski definition) is 13. The normalized spacial score (nSPS) is 15.2. The van der Waals surface area contributed by atoms with Gasteiger partial charge in [-0.15, -0.1) is 35.1 Å². The number of aromatic amines is 2. The number of nitrogens with zero attached hydrogens (tertiary/aromatic N) is 3. The zero-order valence-corrected chi connectivity index (χ0v) is 49.2. The third-order valence-electron chi connectivity index (χ3n) is 10.7. The number of unbranched alkanes of at least 4 members (excludes halogenated alkanes) is 2. The first-order valence-corrected chi connectivity index (χ1v) is 24.7. The number of halogens is 2. The van der Waals surface area contributed by atoms with E-state index in [-0.39, 0.29) is 199 Å². The first-order chi connectivity index (χ1) is 37.1. The topological polar surface area (TPSA) is 155 Å². The van der Waals surface area contributed by atoms with E-state index in [0.29, 0.717) is 6.61 Å². The van der Waals surface area contributed by atoms with Crippen molar-refractivity contribution in [3.8, 4) is 11.5 Å². The zero-order valence-electron chi connectivity index (χ0n) is 50.0. The van der Waals surface area contributed by atoms with Crippen molar-refractivity contribution in [3.63, 3.8) is 0 Å². The van der Waals surface area contributed by atoms with Crippen LogP contribution in [0.15, 0.2) is 129 Å². The molecule has 3 N–H and O–H groups in total. The number of anilines is 2. The van der Waals surface area contributed by atoms with E-state index in [1.807, 2.05) is 11.3 Å². The van der Waals surface area contributed by atoms with Gasteiger partial charge in [-0.2, -0.15) is 0 Å². The van der Waals surface area contributed by atoms with E-state index in [1.54, 1.807) is 11.3 Å². The first-order valence-electron chi connectivity index (χ1n) is 26.8. The molecule has 4 aromatic heterocycles. The standard InChI is InChI=1S/C25H27N3O2S.C13H14BrNO2.C12H14N2S.CH2O3.ClH.2K.H/c29-25-9-7-19-6-8-20(18-22(19)26-25)30-16-2-1-11-27-12-14-28(15-13-27)23-4-3-5-24-21(23)10-17-31-24;14-7-1-2-8-17-11-5-3-10-4-6-13(16)15-12(10)9-11;1-2-11(14-7-5-13-6-8-14)10-4-9-15-12(10)3-1;2-1-4-3;;;;/h3-10,17-18H,1-2,11-16H2,(H,26,29);3-6,9H,1-2,7-8H2,(H,15,16);1-4,9,13H,5-8H2;1,3H;1H;;;/q;;;;;2*+1;-1/p-1/i6D,7D,8D,9D,18D;3D,4D,5D,6D,9D;;;;;;. The molecule has 2 aliphatic rings. The minimum absolute atomic E-state index is 0. The molecule has 0 bridgehead atoms. The van der Waals surface area contributed by atoms with Crippen molar-refractivity contribution in [1.29, 1.82) is 0 Å². The summed E-state index contributed by atoms with van der Waals surface area (Å²) < 4.78 is 93.5. The Morgan fingerprint density at radius 2 is 1.14 bits per heavy atom. The molecule has 0 saturated carbocycles. The molecule has 0 spiro atoms. The van der Waals surface area contributed by atoms with Gasteiger partial charge in [0.05, 0.1) is 38.0 Å². The molecule has 0 unspecified atom stereocenters. The summed E-state index contributed by atoms with van der Waals surface area (Å²) in [4.78, 5) is 46.9. The quantitative estimate of drug-likeness (QED) is 0.0368. The van der Waals surface area contributed by atoms with Crippen molar-refractivity contribution in [1.82, 2.24) is 20.2 Å². The molecule has 0 aliphatic carbocycles. The van der Waals surface area contributed by atoms with Crippen LogP contribution >= 0.6 is 51.0 Å². The molecule has 19 heteroatoms. The van der Waals surface area contributed by atoms with Crippen LogP contribution < -0.4 is 144 Å². The maximum atomic E-state index is 11.9. The Hall–Kier alpha value is -2.19. The number of thiophene rings is 2. The number of ether oxygens (including phenoxy) is 2. The monoisotopic (exact) mass is 1130 g/mol. The largest absolute Gasteiger partial charge is 1.00 e. The van der Waals surface area contributed by atoms with Crippen LogP contribution in [-0.2, 0) is 9.68 Å². The molecular formula is C51H58BrClK2N6O7S2. The molecule has 10 rings (SSSR count). The second-order valence-corrected chi connectivity index (χ2v) is 17.8. The molecular weight excluding hydrogens is 1070 g/mol. The van der Waals surface area contributed by atoms with Crippen molar-refractivity contribution >= 4 is 111 Å². The minimum Gasteiger partial charge on any atom is -1.00 e. The second kappa shape index (κ2) is 32.9. The molecule has 2 fully saturated rings. The Bertz CT molecular complexity index is 3490. The Balaban J connectivity index is 0.000000327. The number of fused-ring (bicyclic) bond motifs is 4. The zero-order chi connectivity index (χ0) is 55.3. The van der Waals surface area contributed by atoms with E-state index in [0.717, 1.165) is 89.9 Å². The molecule has 8 aromatic rings. The van der Waals surface area contributed by atoms with Crippen LogP contribution in [0.4, 0.5) is 11.4 Å². The predicted molar refractivity (Wildman–Crippen MR) is 285 cm³/mol. The van der Waals surface area contributed by atoms with Crippen molar-refractivity contribution in [2.45, 2.75) is 25.7 Å². The number of piperazine rings is 2. The third-order valence-corrected chi connectivity index (χ3v) is 13.0. The fourth-order valence-corrected chi connectivity index (χ4v) is 9.45. The Morgan fingerprint density at radius 1 is 0.671 bits per heavy atom. The Labute approximate surface area is 531 Å². The molecule has 0 radical (unpaired) electrons. The van der Waals surface area contributed by atoms with Crippen LogP contribution in [0.2, 0.25) is 0 Å². The van der Waals surface area contributed by atoms with Crippen LogP contribution in [0, 0.1) is 0 Å². The number of rotatable bonds is 14. The molecule has 2 saturated heterocycles. The molecule has 362 valence electrons. The van der Waals surface area contributed by atoms with Gasteiger partial charge >= 0.3 is 103 Å². The predicted octanol–water partition coefficient (Wildman–Crippen LogP) is 3.09. The number of nitrogens with one attached hydrogen (secondary N) is 3. The van der Waals surface area contributed by atoms with Gasteiger partial charge in [0, 0.05) is 113 Å². The number of carbonyl (C=O) groups excluding carboxylic acids is 1. The third kappa shape index (κ3) is 18.3. The van der Waals surface area contributed by atoms with Gasteiger partial charge in [0.1, 0.15) is 11.5 Å². The maximum Gasteiger partial charge on any atom is 1.00 e. The summed E-state index contributed by atoms with van der Waals surface area (Å²) in [5.41, 5.74) is 1.04. The van der Waals surface area contributed by atoms with E-state index in [2.05, 4.69) is 110 Å². The van der Waals surface area contributed by atoms with Gasteiger partial charge < -0.3 is 46.1 Å². The molecule has 13 nitrogen and oxygen atoms in total. The van der Waals surface area contributed by atoms with Gasteiger partial charge in [-0.05, 0) is 126 Å². The van der Waals surface area contributed by atoms with Gasteiger partial charge in [-0.3, -0.25) is 19.3 Å². The van der Waals surface area contributed by atoms with Crippen LogP contribution in [0.3, 0.4) is 0 Å². The summed E-state index contributed by atoms with van der Waals surface area (Å²) in [6.45, 7) is 9.71. The van der Waals surface area contributed by atoms with Gasteiger partial charge in [0.25, 0.3) is 6.47 Å². The number of alkyl halides is 1. The van der Waals surface area contributed by atoms with E-state index in [4.69, 9.17) is 33.2 Å². The van der Waals surface area contributed by atoms with Crippen molar-refractivity contribution < 1.29 is 142 Å². The molecule has 70 heavy (non-hydrogen) atoms. The van der Waals surface area contributed by atoms with E-state index >= 15 is 0 Å². The average Bonchev–Trinajstić information content (AvgIpc) is 4.27. The summed E-state index contributed by atoms with van der Waals surface area (Å²) in [7, 11) is 0. The van der Waals surface area contributed by atoms with Crippen molar-refractivity contribution in [2.75, 3.05) is 87.2 Å². The van der Waals surface area contributed by atoms with E-state index in [1.165, 1.54) is 31.5 Å². The summed E-state index contributed by atoms with van der Waals surface area (Å²) in [5, 5.41) is 19.5. The Morgan fingerprint density at radius 3 is 1.63 bits per heavy atom. The smallest absolute Gasteiger partial charge is 1.00 e. The summed E-state index contributed by atoms with van der Waals surface area (Å²) in [6.07, 6.45) is 3.22. The van der Waals surface area contributed by atoms with Crippen LogP contribution in [0.1, 0.15) is 40.8 Å². The van der Waals surface area contributed by atoms with Crippen LogP contribution in [0.25, 0.3) is 42.0 Å². The number of pyridine rings is 2. The van der Waals surface area contributed by atoms with Gasteiger partial charge in [0.2, 0.25) is 11.1 Å². The first kappa shape index (κ1) is 46.4. The second-order valence-electron chi connectivity index (χ2n) is 15.1. The van der Waals surface area contributed by atoms with Gasteiger partial charge in [-0.1, -0.05) is 28.1 Å². The van der Waals surface area contributed by atoms with Crippen LogP contribution in [-0.4, -0.2) is 98.8 Å². The molecule has 0 atom stereocenters. The fraction of sp³-hybridized carbons (Fsp3) is 0.314. The number of H-pyrrole nitrogens is 2. The molecule has 4 aromatic carbocycles.